The first-order valence-corrected chi connectivity index (χ1v) is 13.8. The normalized spacial score (nSPS) is 22.7. The van der Waals surface area contributed by atoms with E-state index in [4.69, 9.17) is 9.72 Å². The molecule has 3 aliphatic rings. The van der Waals surface area contributed by atoms with Crippen molar-refractivity contribution in [1.82, 2.24) is 24.8 Å². The van der Waals surface area contributed by atoms with Crippen LogP contribution in [0.15, 0.2) is 42.6 Å². The highest BCUT2D eigenvalue weighted by atomic mass is 16.5. The number of hydrogen-bond donors (Lipinski definition) is 1. The number of rotatable bonds is 6. The Kier molecular flexibility index (Phi) is 6.41. The summed E-state index contributed by atoms with van der Waals surface area (Å²) in [5.74, 6) is 2.77. The summed E-state index contributed by atoms with van der Waals surface area (Å²) < 4.78 is 8.07. The monoisotopic (exact) mass is 528 g/mol. The lowest BCUT2D eigenvalue weighted by molar-refractivity contribution is -0.120. The van der Waals surface area contributed by atoms with Gasteiger partial charge in [0.2, 0.25) is 5.91 Å². The first kappa shape index (κ1) is 25.6. The maximum absolute atomic E-state index is 12.4. The second-order valence-electron chi connectivity index (χ2n) is 11.7. The number of benzene rings is 1. The van der Waals surface area contributed by atoms with Crippen LogP contribution in [0.1, 0.15) is 63.3 Å². The predicted octanol–water partition coefficient (Wildman–Crippen LogP) is 4.75. The van der Waals surface area contributed by atoms with Crippen LogP contribution in [0.4, 0.5) is 10.6 Å². The SMILES string of the molecule is CC1CCC(Oc2ccc(CN3Cc4ccc(-c5ncc(N6CCC(=O)NC6=O)n5C)nc4C3(C)C)cc2)C1. The highest BCUT2D eigenvalue weighted by molar-refractivity contribution is 6.05. The molecule has 1 aliphatic carbocycles. The molecule has 39 heavy (non-hydrogen) atoms. The molecule has 9 nitrogen and oxygen atoms in total. The summed E-state index contributed by atoms with van der Waals surface area (Å²) in [5.41, 5.74) is 3.99. The van der Waals surface area contributed by atoms with Crippen LogP contribution in [-0.4, -0.2) is 44.0 Å². The van der Waals surface area contributed by atoms with Gasteiger partial charge in [0.1, 0.15) is 17.3 Å². The Morgan fingerprint density at radius 3 is 2.62 bits per heavy atom. The molecule has 6 rings (SSSR count). The zero-order chi connectivity index (χ0) is 27.3. The van der Waals surface area contributed by atoms with Gasteiger partial charge in [0, 0.05) is 33.1 Å². The second kappa shape index (κ2) is 9.79. The maximum Gasteiger partial charge on any atom is 0.329 e. The molecule has 2 fully saturated rings. The molecule has 3 aromatic rings. The molecular formula is C30H36N6O3. The number of carbonyl (C=O) groups excluding carboxylic acids is 2. The minimum Gasteiger partial charge on any atom is -0.490 e. The molecule has 1 N–H and O–H groups in total. The van der Waals surface area contributed by atoms with E-state index in [2.05, 4.69) is 66.3 Å². The third-order valence-electron chi connectivity index (χ3n) is 8.48. The minimum atomic E-state index is -0.424. The number of nitrogens with one attached hydrogen (secondary N) is 1. The van der Waals surface area contributed by atoms with Crippen LogP contribution in [0, 0.1) is 5.92 Å². The molecule has 2 aliphatic heterocycles. The number of urea groups is 1. The van der Waals surface area contributed by atoms with E-state index >= 15 is 0 Å². The molecule has 1 saturated carbocycles. The number of fused-ring (bicyclic) bond motifs is 1. The van der Waals surface area contributed by atoms with Crippen molar-refractivity contribution < 1.29 is 14.3 Å². The first-order valence-electron chi connectivity index (χ1n) is 13.8. The van der Waals surface area contributed by atoms with Crippen LogP contribution in [0.3, 0.4) is 0 Å². The summed E-state index contributed by atoms with van der Waals surface area (Å²) in [6.45, 7) is 8.69. The Bertz CT molecular complexity index is 1410. The number of anilines is 1. The fourth-order valence-electron chi connectivity index (χ4n) is 6.10. The number of pyridine rings is 1. The van der Waals surface area contributed by atoms with Gasteiger partial charge in [-0.15, -0.1) is 0 Å². The lowest BCUT2D eigenvalue weighted by Gasteiger charge is -2.31. The Hall–Kier alpha value is -3.72. The predicted molar refractivity (Wildman–Crippen MR) is 148 cm³/mol. The van der Waals surface area contributed by atoms with Crippen LogP contribution in [0.2, 0.25) is 0 Å². The maximum atomic E-state index is 12.4. The third kappa shape index (κ3) is 4.80. The Labute approximate surface area is 229 Å². The molecule has 1 saturated heterocycles. The average molecular weight is 529 g/mol. The van der Waals surface area contributed by atoms with E-state index in [1.54, 1.807) is 11.1 Å². The van der Waals surface area contributed by atoms with E-state index in [9.17, 15) is 9.59 Å². The number of carbonyl (C=O) groups is 2. The smallest absolute Gasteiger partial charge is 0.329 e. The number of imidazole rings is 1. The summed E-state index contributed by atoms with van der Waals surface area (Å²) in [6.07, 6.45) is 5.81. The topological polar surface area (TPSA) is 92.6 Å². The first-order chi connectivity index (χ1) is 18.7. The number of aromatic nitrogens is 3. The average Bonchev–Trinajstić information content (AvgIpc) is 3.56. The molecule has 9 heteroatoms. The quantitative estimate of drug-likeness (QED) is 0.497. The van der Waals surface area contributed by atoms with Crippen molar-refractivity contribution in [2.45, 2.75) is 71.2 Å². The molecule has 204 valence electrons. The zero-order valence-corrected chi connectivity index (χ0v) is 23.1. The van der Waals surface area contributed by atoms with Gasteiger partial charge < -0.3 is 9.30 Å². The van der Waals surface area contributed by atoms with Gasteiger partial charge in [-0.3, -0.25) is 19.9 Å². The molecular weight excluding hydrogens is 492 g/mol. The van der Waals surface area contributed by atoms with Crippen LogP contribution in [-0.2, 0) is 30.5 Å². The van der Waals surface area contributed by atoms with Gasteiger partial charge in [-0.2, -0.15) is 0 Å². The van der Waals surface area contributed by atoms with Crippen molar-refractivity contribution >= 4 is 17.8 Å². The molecule has 2 unspecified atom stereocenters. The second-order valence-corrected chi connectivity index (χ2v) is 11.7. The molecule has 1 aromatic carbocycles. The van der Waals surface area contributed by atoms with E-state index < -0.39 is 6.03 Å². The summed E-state index contributed by atoms with van der Waals surface area (Å²) in [6, 6.07) is 12.3. The molecule has 0 radical (unpaired) electrons. The lowest BCUT2D eigenvalue weighted by Crippen LogP contribution is -2.50. The van der Waals surface area contributed by atoms with Crippen molar-refractivity contribution in [3.8, 4) is 17.3 Å². The summed E-state index contributed by atoms with van der Waals surface area (Å²) in [7, 11) is 1.87. The fourth-order valence-corrected chi connectivity index (χ4v) is 6.10. The fraction of sp³-hybridized carbons (Fsp3) is 0.467. The van der Waals surface area contributed by atoms with Crippen molar-refractivity contribution in [3.05, 3.63) is 59.4 Å². The summed E-state index contributed by atoms with van der Waals surface area (Å²) in [4.78, 5) is 37.6. The van der Waals surface area contributed by atoms with Crippen LogP contribution in [0.25, 0.3) is 11.5 Å². The Balaban J connectivity index is 1.17. The van der Waals surface area contributed by atoms with Crippen molar-refractivity contribution in [1.29, 1.82) is 0 Å². The van der Waals surface area contributed by atoms with Crippen molar-refractivity contribution in [2.24, 2.45) is 13.0 Å². The third-order valence-corrected chi connectivity index (χ3v) is 8.48. The van der Waals surface area contributed by atoms with E-state index in [-0.39, 0.29) is 17.9 Å². The standard InChI is InChI=1S/C30H36N6O3/c1-19-5-9-23(15-19)39-22-10-6-20(7-11-22)17-35-18-21-8-12-24(32-27(21)30(35,2)3)28-31-16-26(34(28)4)36-14-13-25(37)33-29(36)38/h6-8,10-12,16,19,23H,5,9,13-15,17-18H2,1-4H3,(H,33,37,38). The van der Waals surface area contributed by atoms with Gasteiger partial charge in [0.15, 0.2) is 5.82 Å². The zero-order valence-electron chi connectivity index (χ0n) is 23.1. The van der Waals surface area contributed by atoms with Gasteiger partial charge >= 0.3 is 6.03 Å². The molecule has 4 heterocycles. The van der Waals surface area contributed by atoms with Crippen LogP contribution < -0.4 is 15.0 Å². The van der Waals surface area contributed by atoms with E-state index in [0.717, 1.165) is 49.0 Å². The van der Waals surface area contributed by atoms with Gasteiger partial charge in [-0.05, 0) is 68.4 Å². The van der Waals surface area contributed by atoms with Crippen molar-refractivity contribution in [3.63, 3.8) is 0 Å². The largest absolute Gasteiger partial charge is 0.490 e. The van der Waals surface area contributed by atoms with Crippen LogP contribution >= 0.6 is 0 Å². The number of amides is 3. The molecule has 0 spiro atoms. The van der Waals surface area contributed by atoms with E-state index in [1.165, 1.54) is 17.5 Å². The molecule has 3 amide bonds. The number of ether oxygens (including phenoxy) is 1. The van der Waals surface area contributed by atoms with E-state index in [0.29, 0.717) is 24.3 Å². The Morgan fingerprint density at radius 1 is 1.10 bits per heavy atom. The molecule has 0 bridgehead atoms. The number of nitrogens with zero attached hydrogens (tertiary/aromatic N) is 5. The summed E-state index contributed by atoms with van der Waals surface area (Å²) >= 11 is 0. The van der Waals surface area contributed by atoms with E-state index in [1.807, 2.05) is 17.7 Å². The lowest BCUT2D eigenvalue weighted by atomic mass is 9.98. The highest BCUT2D eigenvalue weighted by Gasteiger charge is 2.39. The number of hydrogen-bond acceptors (Lipinski definition) is 6. The molecule has 2 aromatic heterocycles. The summed E-state index contributed by atoms with van der Waals surface area (Å²) in [5, 5.41) is 2.37. The highest BCUT2D eigenvalue weighted by Crippen LogP contribution is 2.40. The van der Waals surface area contributed by atoms with Crippen LogP contribution in [0.5, 0.6) is 5.75 Å². The Morgan fingerprint density at radius 2 is 1.90 bits per heavy atom. The number of imide groups is 1. The van der Waals surface area contributed by atoms with Gasteiger partial charge in [0.25, 0.3) is 0 Å². The van der Waals surface area contributed by atoms with Gasteiger partial charge in [-0.1, -0.05) is 25.1 Å². The van der Waals surface area contributed by atoms with Gasteiger partial charge in [-0.25, -0.2) is 14.8 Å². The van der Waals surface area contributed by atoms with Gasteiger partial charge in [0.05, 0.1) is 23.5 Å². The van der Waals surface area contributed by atoms with Crippen molar-refractivity contribution in [2.75, 3.05) is 11.4 Å². The molecule has 2 atom stereocenters. The minimum absolute atomic E-state index is 0.256.